The van der Waals surface area contributed by atoms with Crippen LogP contribution >= 0.6 is 0 Å². The molecule has 1 N–H and O–H groups in total. The number of nitrogens with zero attached hydrogens (tertiary/aromatic N) is 2. The van der Waals surface area contributed by atoms with Gasteiger partial charge >= 0.3 is 0 Å². The summed E-state index contributed by atoms with van der Waals surface area (Å²) in [6, 6.07) is 10.1. The fraction of sp³-hybridized carbons (Fsp3) is 0.353. The van der Waals surface area contributed by atoms with Crippen LogP contribution in [0, 0.1) is 0 Å². The van der Waals surface area contributed by atoms with E-state index in [1.54, 1.807) is 7.05 Å². The smallest absolute Gasteiger partial charge is 0.193 e. The first kappa shape index (κ1) is 15.2. The highest BCUT2D eigenvalue weighted by Crippen LogP contribution is 2.19. The molecule has 2 rings (SSSR count). The molecule has 0 aliphatic carbocycles. The van der Waals surface area contributed by atoms with Gasteiger partial charge in [-0.15, -0.1) is 0 Å². The van der Waals surface area contributed by atoms with Crippen LogP contribution < -0.4 is 5.32 Å². The molecule has 0 radical (unpaired) electrons. The molecule has 4 nitrogen and oxygen atoms in total. The topological polar surface area (TPSA) is 40.8 Å². The number of rotatable bonds is 5. The number of fused-ring (bicyclic) bond motifs is 1. The number of benzene rings is 1. The van der Waals surface area contributed by atoms with Crippen LogP contribution in [0.25, 0.3) is 11.0 Å². The molecule has 21 heavy (non-hydrogen) atoms. The summed E-state index contributed by atoms with van der Waals surface area (Å²) in [6.45, 7) is 3.60. The lowest BCUT2D eigenvalue weighted by molar-refractivity contribution is 0.413. The Morgan fingerprint density at radius 3 is 2.90 bits per heavy atom. The predicted molar refractivity (Wildman–Crippen MR) is 88.5 cm³/mol. The van der Waals surface area contributed by atoms with E-state index in [4.69, 9.17) is 4.42 Å². The van der Waals surface area contributed by atoms with Gasteiger partial charge < -0.3 is 14.6 Å². The molecule has 0 aliphatic heterocycles. The fourth-order valence-electron chi connectivity index (χ4n) is 2.24. The highest BCUT2D eigenvalue weighted by molar-refractivity contribution is 5.80. The predicted octanol–water partition coefficient (Wildman–Crippen LogP) is 3.41. The van der Waals surface area contributed by atoms with E-state index in [0.29, 0.717) is 6.54 Å². The van der Waals surface area contributed by atoms with Crippen LogP contribution in [-0.2, 0) is 6.54 Å². The van der Waals surface area contributed by atoms with Crippen molar-refractivity contribution < 1.29 is 4.42 Å². The molecule has 1 heterocycles. The summed E-state index contributed by atoms with van der Waals surface area (Å²) < 4.78 is 5.84. The lowest BCUT2D eigenvalue weighted by Gasteiger charge is -2.20. The van der Waals surface area contributed by atoms with E-state index in [1.807, 2.05) is 32.2 Å². The first-order valence-electron chi connectivity index (χ1n) is 7.25. The minimum absolute atomic E-state index is 0.692. The van der Waals surface area contributed by atoms with Gasteiger partial charge in [-0.1, -0.05) is 30.4 Å². The van der Waals surface area contributed by atoms with Crippen molar-refractivity contribution in [3.8, 4) is 0 Å². The van der Waals surface area contributed by atoms with Gasteiger partial charge in [0.25, 0.3) is 0 Å². The molecule has 0 fully saturated rings. The van der Waals surface area contributed by atoms with Gasteiger partial charge in [-0.3, -0.25) is 4.99 Å². The van der Waals surface area contributed by atoms with Crippen molar-refractivity contribution >= 4 is 16.9 Å². The molecule has 0 aliphatic rings. The average molecular weight is 285 g/mol. The van der Waals surface area contributed by atoms with Gasteiger partial charge in [0.15, 0.2) is 5.96 Å². The highest BCUT2D eigenvalue weighted by atomic mass is 16.3. The minimum atomic E-state index is 0.692. The Labute approximate surface area is 126 Å². The molecular formula is C17H23N3O. The standard InChI is InChI=1S/C17H23N3O/c1-4-5-8-11-19-17(18-2)20(3)13-15-12-14-9-6-7-10-16(14)21-15/h4-7,9-10,12H,8,11,13H2,1-3H3,(H,18,19)/b5-4+. The van der Waals surface area contributed by atoms with Crippen LogP contribution in [0.1, 0.15) is 19.1 Å². The van der Waals surface area contributed by atoms with Crippen molar-refractivity contribution in [1.29, 1.82) is 0 Å². The van der Waals surface area contributed by atoms with Gasteiger partial charge in [0.05, 0.1) is 6.54 Å². The summed E-state index contributed by atoms with van der Waals surface area (Å²) in [5.74, 6) is 1.81. The molecule has 0 atom stereocenters. The molecule has 2 aromatic rings. The van der Waals surface area contributed by atoms with Gasteiger partial charge in [0, 0.05) is 26.0 Å². The van der Waals surface area contributed by atoms with E-state index in [-0.39, 0.29) is 0 Å². The Morgan fingerprint density at radius 2 is 2.19 bits per heavy atom. The Hall–Kier alpha value is -2.23. The van der Waals surface area contributed by atoms with Gasteiger partial charge in [-0.25, -0.2) is 0 Å². The molecule has 1 aromatic heterocycles. The average Bonchev–Trinajstić information content (AvgIpc) is 2.89. The zero-order valence-electron chi connectivity index (χ0n) is 13.0. The second-order valence-electron chi connectivity index (χ2n) is 4.94. The third kappa shape index (κ3) is 4.12. The zero-order chi connectivity index (χ0) is 15.1. The Kier molecular flexibility index (Phi) is 5.43. The van der Waals surface area contributed by atoms with Crippen molar-refractivity contribution in [3.05, 3.63) is 48.2 Å². The number of aliphatic imine (C=N–C) groups is 1. The Bertz CT molecular complexity index is 595. The van der Waals surface area contributed by atoms with Crippen molar-refractivity contribution in [3.63, 3.8) is 0 Å². The van der Waals surface area contributed by atoms with Crippen molar-refractivity contribution in [2.45, 2.75) is 19.9 Å². The Morgan fingerprint density at radius 1 is 1.38 bits per heavy atom. The van der Waals surface area contributed by atoms with E-state index < -0.39 is 0 Å². The van der Waals surface area contributed by atoms with Gasteiger partial charge in [-0.05, 0) is 25.5 Å². The second-order valence-corrected chi connectivity index (χ2v) is 4.94. The van der Waals surface area contributed by atoms with Crippen molar-refractivity contribution in [1.82, 2.24) is 10.2 Å². The third-order valence-corrected chi connectivity index (χ3v) is 3.27. The molecule has 0 amide bonds. The molecule has 112 valence electrons. The van der Waals surface area contributed by atoms with Crippen LogP contribution in [0.15, 0.2) is 51.9 Å². The maximum atomic E-state index is 5.84. The Balaban J connectivity index is 1.96. The second kappa shape index (κ2) is 7.53. The summed E-state index contributed by atoms with van der Waals surface area (Å²) in [7, 11) is 3.81. The number of hydrogen-bond acceptors (Lipinski definition) is 2. The van der Waals surface area contributed by atoms with Crippen molar-refractivity contribution in [2.24, 2.45) is 4.99 Å². The third-order valence-electron chi connectivity index (χ3n) is 3.27. The lowest BCUT2D eigenvalue weighted by Crippen LogP contribution is -2.38. The van der Waals surface area contributed by atoms with E-state index in [9.17, 15) is 0 Å². The number of allylic oxidation sites excluding steroid dienone is 1. The van der Waals surface area contributed by atoms with E-state index >= 15 is 0 Å². The molecule has 0 saturated carbocycles. The minimum Gasteiger partial charge on any atom is -0.459 e. The SMILES string of the molecule is C/C=C/CCNC(=NC)N(C)Cc1cc2ccccc2o1. The monoisotopic (exact) mass is 285 g/mol. The number of furan rings is 1. The number of para-hydroxylation sites is 1. The maximum Gasteiger partial charge on any atom is 0.193 e. The van der Waals surface area contributed by atoms with E-state index in [2.05, 4.69) is 39.5 Å². The van der Waals surface area contributed by atoms with Gasteiger partial charge in [-0.2, -0.15) is 0 Å². The lowest BCUT2D eigenvalue weighted by atomic mass is 10.2. The molecular weight excluding hydrogens is 262 g/mol. The summed E-state index contributed by atoms with van der Waals surface area (Å²) in [5, 5.41) is 4.48. The van der Waals surface area contributed by atoms with Gasteiger partial charge in [0.1, 0.15) is 11.3 Å². The molecule has 1 aromatic carbocycles. The molecule has 0 saturated heterocycles. The summed E-state index contributed by atoms with van der Waals surface area (Å²) in [4.78, 5) is 6.36. The normalized spacial score (nSPS) is 12.2. The van der Waals surface area contributed by atoms with E-state index in [1.165, 1.54) is 0 Å². The molecule has 0 unspecified atom stereocenters. The fourth-order valence-corrected chi connectivity index (χ4v) is 2.24. The summed E-state index contributed by atoms with van der Waals surface area (Å²) >= 11 is 0. The largest absolute Gasteiger partial charge is 0.459 e. The van der Waals surface area contributed by atoms with Crippen LogP contribution in [0.2, 0.25) is 0 Å². The first-order chi connectivity index (χ1) is 10.2. The highest BCUT2D eigenvalue weighted by Gasteiger charge is 2.09. The van der Waals surface area contributed by atoms with Crippen LogP contribution in [0.4, 0.5) is 0 Å². The van der Waals surface area contributed by atoms with Crippen LogP contribution in [0.3, 0.4) is 0 Å². The summed E-state index contributed by atoms with van der Waals surface area (Å²) in [5.41, 5.74) is 0.928. The van der Waals surface area contributed by atoms with Crippen LogP contribution in [-0.4, -0.2) is 31.5 Å². The number of guanidine groups is 1. The maximum absolute atomic E-state index is 5.84. The van der Waals surface area contributed by atoms with Crippen LogP contribution in [0.5, 0.6) is 0 Å². The molecule has 0 spiro atoms. The summed E-state index contributed by atoms with van der Waals surface area (Å²) in [6.07, 6.45) is 5.19. The number of nitrogens with one attached hydrogen (secondary N) is 1. The van der Waals surface area contributed by atoms with Gasteiger partial charge in [0.2, 0.25) is 0 Å². The first-order valence-corrected chi connectivity index (χ1v) is 7.25. The molecule has 4 heteroatoms. The molecule has 0 bridgehead atoms. The zero-order valence-corrected chi connectivity index (χ0v) is 13.0. The van der Waals surface area contributed by atoms with E-state index in [0.717, 1.165) is 35.7 Å². The number of hydrogen-bond donors (Lipinski definition) is 1. The van der Waals surface area contributed by atoms with Crippen molar-refractivity contribution in [2.75, 3.05) is 20.6 Å². The quantitative estimate of drug-likeness (QED) is 0.396.